The van der Waals surface area contributed by atoms with Crippen molar-refractivity contribution >= 4 is 5.97 Å². The van der Waals surface area contributed by atoms with Crippen LogP contribution in [0.15, 0.2) is 66.7 Å². The van der Waals surface area contributed by atoms with Crippen LogP contribution < -0.4 is 4.74 Å². The second-order valence-electron chi connectivity index (χ2n) is 10.9. The Morgan fingerprint density at radius 3 is 2.50 bits per heavy atom. The van der Waals surface area contributed by atoms with E-state index in [0.29, 0.717) is 5.92 Å². The van der Waals surface area contributed by atoms with Gasteiger partial charge >= 0.3 is 5.97 Å². The molecule has 4 nitrogen and oxygen atoms in total. The van der Waals surface area contributed by atoms with E-state index in [2.05, 4.69) is 54.8 Å². The number of carbonyl (C=O) groups is 1. The summed E-state index contributed by atoms with van der Waals surface area (Å²) in [7, 11) is 1.69. The van der Waals surface area contributed by atoms with Crippen molar-refractivity contribution in [1.29, 1.82) is 0 Å². The molecule has 2 saturated carbocycles. The van der Waals surface area contributed by atoms with Gasteiger partial charge in [0.2, 0.25) is 0 Å². The molecule has 4 heteroatoms. The standard InChI is InChI=1S/C30H37NO3/c1-21-8-7-15-30(2)17-28-25(16-27(21)30)26(29(32)34-28)20-31(18-22-9-5-4-6-10-22)19-23-11-13-24(33-3)14-12-23/h4-6,9-14,25-28H,1,7-8,15-20H2,2-3H3. The summed E-state index contributed by atoms with van der Waals surface area (Å²) in [6, 6.07) is 18.8. The third-order valence-electron chi connectivity index (χ3n) is 8.59. The first kappa shape index (κ1) is 23.2. The van der Waals surface area contributed by atoms with Gasteiger partial charge in [-0.3, -0.25) is 9.69 Å². The molecule has 0 spiro atoms. The van der Waals surface area contributed by atoms with Crippen molar-refractivity contribution in [1.82, 2.24) is 4.90 Å². The predicted molar refractivity (Wildman–Crippen MR) is 134 cm³/mol. The highest BCUT2D eigenvalue weighted by atomic mass is 16.6. The summed E-state index contributed by atoms with van der Waals surface area (Å²) in [5.74, 6) is 1.58. The smallest absolute Gasteiger partial charge is 0.310 e. The van der Waals surface area contributed by atoms with Crippen molar-refractivity contribution in [3.8, 4) is 5.75 Å². The number of benzene rings is 2. The lowest BCUT2D eigenvalue weighted by Crippen LogP contribution is -2.45. The monoisotopic (exact) mass is 459 g/mol. The number of hydrogen-bond acceptors (Lipinski definition) is 4. The third kappa shape index (κ3) is 4.65. The molecule has 5 unspecified atom stereocenters. The summed E-state index contributed by atoms with van der Waals surface area (Å²) < 4.78 is 11.4. The number of hydrogen-bond donors (Lipinski definition) is 0. The first-order valence-electron chi connectivity index (χ1n) is 12.7. The van der Waals surface area contributed by atoms with E-state index < -0.39 is 0 Å². The Morgan fingerprint density at radius 1 is 1.09 bits per heavy atom. The predicted octanol–water partition coefficient (Wildman–Crippen LogP) is 6.01. The van der Waals surface area contributed by atoms with Crippen LogP contribution in [0.4, 0.5) is 0 Å². The Balaban J connectivity index is 1.36. The van der Waals surface area contributed by atoms with Crippen molar-refractivity contribution in [2.24, 2.45) is 23.2 Å². The van der Waals surface area contributed by atoms with Crippen molar-refractivity contribution in [2.45, 2.75) is 58.2 Å². The first-order valence-corrected chi connectivity index (χ1v) is 12.7. The molecule has 34 heavy (non-hydrogen) atoms. The van der Waals surface area contributed by atoms with Gasteiger partial charge in [0.25, 0.3) is 0 Å². The van der Waals surface area contributed by atoms with E-state index in [1.807, 2.05) is 18.2 Å². The number of carbonyl (C=O) groups excluding carboxylic acids is 1. The fourth-order valence-corrected chi connectivity index (χ4v) is 6.76. The largest absolute Gasteiger partial charge is 0.497 e. The van der Waals surface area contributed by atoms with Gasteiger partial charge in [-0.05, 0) is 66.7 Å². The van der Waals surface area contributed by atoms with Gasteiger partial charge in [-0.1, -0.05) is 61.5 Å². The van der Waals surface area contributed by atoms with Gasteiger partial charge in [-0.15, -0.1) is 0 Å². The van der Waals surface area contributed by atoms with Crippen LogP contribution in [0.25, 0.3) is 0 Å². The second kappa shape index (κ2) is 9.58. The van der Waals surface area contributed by atoms with Crippen LogP contribution in [0.5, 0.6) is 5.75 Å². The van der Waals surface area contributed by atoms with E-state index in [1.165, 1.54) is 29.5 Å². The highest BCUT2D eigenvalue weighted by Gasteiger charge is 2.55. The van der Waals surface area contributed by atoms with Crippen LogP contribution in [0.1, 0.15) is 50.2 Å². The van der Waals surface area contributed by atoms with Crippen molar-refractivity contribution in [3.05, 3.63) is 77.9 Å². The van der Waals surface area contributed by atoms with Crippen LogP contribution in [0.2, 0.25) is 0 Å². The van der Waals surface area contributed by atoms with Gasteiger partial charge in [0, 0.05) is 25.6 Å². The zero-order chi connectivity index (χ0) is 23.7. The molecule has 2 aromatic carbocycles. The summed E-state index contributed by atoms with van der Waals surface area (Å²) in [5.41, 5.74) is 4.11. The zero-order valence-corrected chi connectivity index (χ0v) is 20.5. The van der Waals surface area contributed by atoms with E-state index in [1.54, 1.807) is 7.11 Å². The van der Waals surface area contributed by atoms with Crippen LogP contribution in [0.3, 0.4) is 0 Å². The Kier molecular flexibility index (Phi) is 6.52. The van der Waals surface area contributed by atoms with E-state index >= 15 is 0 Å². The molecule has 2 aromatic rings. The normalized spacial score (nSPS) is 30.6. The molecule has 0 amide bonds. The minimum absolute atomic E-state index is 0.00403. The van der Waals surface area contributed by atoms with Gasteiger partial charge in [0.1, 0.15) is 11.9 Å². The van der Waals surface area contributed by atoms with Crippen LogP contribution >= 0.6 is 0 Å². The Hall–Kier alpha value is -2.59. The molecule has 3 aliphatic rings. The number of rotatable bonds is 7. The average Bonchev–Trinajstić information content (AvgIpc) is 3.12. The van der Waals surface area contributed by atoms with E-state index in [0.717, 1.165) is 44.6 Å². The Morgan fingerprint density at radius 2 is 1.79 bits per heavy atom. The lowest BCUT2D eigenvalue weighted by atomic mass is 9.55. The second-order valence-corrected chi connectivity index (χ2v) is 10.9. The molecule has 0 N–H and O–H groups in total. The molecular formula is C30H37NO3. The maximum atomic E-state index is 13.2. The molecule has 1 aliphatic heterocycles. The fraction of sp³-hybridized carbons (Fsp3) is 0.500. The fourth-order valence-electron chi connectivity index (χ4n) is 6.76. The molecule has 1 saturated heterocycles. The number of methoxy groups -OCH3 is 1. The molecule has 0 radical (unpaired) electrons. The number of fused-ring (bicyclic) bond motifs is 2. The molecular weight excluding hydrogens is 422 g/mol. The average molecular weight is 460 g/mol. The minimum atomic E-state index is -0.0776. The van der Waals surface area contributed by atoms with Gasteiger partial charge in [0.05, 0.1) is 13.0 Å². The Labute approximate surface area is 203 Å². The minimum Gasteiger partial charge on any atom is -0.497 e. The van der Waals surface area contributed by atoms with Gasteiger partial charge in [-0.25, -0.2) is 0 Å². The first-order chi connectivity index (χ1) is 16.4. The quantitative estimate of drug-likeness (QED) is 0.375. The highest BCUT2D eigenvalue weighted by molar-refractivity contribution is 5.75. The van der Waals surface area contributed by atoms with E-state index in [4.69, 9.17) is 9.47 Å². The van der Waals surface area contributed by atoms with Crippen LogP contribution in [-0.4, -0.2) is 30.6 Å². The Bertz CT molecular complexity index is 1020. The summed E-state index contributed by atoms with van der Waals surface area (Å²) in [6.07, 6.45) is 5.66. The SMILES string of the molecule is C=C1CCCC2(C)CC3OC(=O)C(CN(Cc4ccccc4)Cc4ccc(OC)cc4)C3CC12. The molecule has 2 aliphatic carbocycles. The van der Waals surface area contributed by atoms with Gasteiger partial charge in [-0.2, -0.15) is 0 Å². The summed E-state index contributed by atoms with van der Waals surface area (Å²) in [6.45, 7) is 9.15. The molecule has 5 rings (SSSR count). The number of allylic oxidation sites excluding steroid dienone is 1. The zero-order valence-electron chi connectivity index (χ0n) is 20.5. The molecule has 5 atom stereocenters. The molecule has 180 valence electrons. The molecule has 0 bridgehead atoms. The third-order valence-corrected chi connectivity index (χ3v) is 8.59. The van der Waals surface area contributed by atoms with Gasteiger partial charge in [0.15, 0.2) is 0 Å². The maximum absolute atomic E-state index is 13.2. The lowest BCUT2D eigenvalue weighted by molar-refractivity contribution is -0.146. The molecule has 1 heterocycles. The summed E-state index contributed by atoms with van der Waals surface area (Å²) >= 11 is 0. The summed E-state index contributed by atoms with van der Waals surface area (Å²) in [5, 5.41) is 0. The number of nitrogens with zero attached hydrogens (tertiary/aromatic N) is 1. The van der Waals surface area contributed by atoms with Crippen LogP contribution in [-0.2, 0) is 22.6 Å². The lowest BCUT2D eigenvalue weighted by Gasteiger charge is -2.50. The molecule has 3 fully saturated rings. The van der Waals surface area contributed by atoms with Crippen molar-refractivity contribution in [2.75, 3.05) is 13.7 Å². The van der Waals surface area contributed by atoms with E-state index in [9.17, 15) is 4.79 Å². The van der Waals surface area contributed by atoms with E-state index in [-0.39, 0.29) is 29.3 Å². The van der Waals surface area contributed by atoms with Crippen LogP contribution in [0, 0.1) is 23.2 Å². The summed E-state index contributed by atoms with van der Waals surface area (Å²) in [4.78, 5) is 15.6. The topological polar surface area (TPSA) is 38.8 Å². The maximum Gasteiger partial charge on any atom is 0.310 e. The highest BCUT2D eigenvalue weighted by Crippen LogP contribution is 2.57. The van der Waals surface area contributed by atoms with Crippen molar-refractivity contribution < 1.29 is 14.3 Å². The van der Waals surface area contributed by atoms with Gasteiger partial charge < -0.3 is 9.47 Å². The molecule has 0 aromatic heterocycles. The van der Waals surface area contributed by atoms with Crippen molar-refractivity contribution in [3.63, 3.8) is 0 Å². The number of esters is 1. The number of ether oxygens (including phenoxy) is 2.